The summed E-state index contributed by atoms with van der Waals surface area (Å²) in [6.07, 6.45) is 3.56. The molecule has 0 bridgehead atoms. The molecule has 0 radical (unpaired) electrons. The molecular weight excluding hydrogens is 274 g/mol. The van der Waals surface area contributed by atoms with Crippen molar-refractivity contribution in [2.45, 2.75) is 44.1 Å². The Bertz CT molecular complexity index is 456. The molecule has 2 unspecified atom stereocenters. The third-order valence-electron chi connectivity index (χ3n) is 3.86. The maximum Gasteiger partial charge on any atom is 0.227 e. The summed E-state index contributed by atoms with van der Waals surface area (Å²) < 4.78 is 4.97. The molecular formula is C15H23NO3S. The van der Waals surface area contributed by atoms with Crippen LogP contribution in [0.25, 0.3) is 0 Å². The molecule has 0 aliphatic heterocycles. The van der Waals surface area contributed by atoms with E-state index < -0.39 is 5.60 Å². The highest BCUT2D eigenvalue weighted by Gasteiger charge is 2.29. The van der Waals surface area contributed by atoms with Gasteiger partial charge in [-0.05, 0) is 43.2 Å². The summed E-state index contributed by atoms with van der Waals surface area (Å²) in [4.78, 5) is 13.7. The first-order valence-corrected chi connectivity index (χ1v) is 7.97. The summed E-state index contributed by atoms with van der Waals surface area (Å²) in [6, 6.07) is 2.06. The summed E-state index contributed by atoms with van der Waals surface area (Å²) in [7, 11) is 1.61. The third kappa shape index (κ3) is 3.81. The number of carbonyl (C=O) groups is 1. The molecule has 1 aliphatic carbocycles. The van der Waals surface area contributed by atoms with E-state index in [4.69, 9.17) is 4.74 Å². The molecule has 0 spiro atoms. The minimum atomic E-state index is -0.919. The number of aliphatic hydroxyl groups is 1. The van der Waals surface area contributed by atoms with Crippen LogP contribution in [0.15, 0.2) is 11.4 Å². The number of thiophene rings is 1. The minimum Gasteiger partial charge on any atom is -0.388 e. The van der Waals surface area contributed by atoms with Crippen LogP contribution in [0.1, 0.15) is 42.5 Å². The van der Waals surface area contributed by atoms with Gasteiger partial charge < -0.3 is 15.2 Å². The highest BCUT2D eigenvalue weighted by molar-refractivity contribution is 7.10. The summed E-state index contributed by atoms with van der Waals surface area (Å²) in [5.74, 6) is -0.0229. The van der Waals surface area contributed by atoms with Crippen molar-refractivity contribution < 1.29 is 14.6 Å². The number of aryl methyl sites for hydroxylation is 1. The fourth-order valence-corrected chi connectivity index (χ4v) is 3.56. The average Bonchev–Trinajstić information content (AvgIpc) is 2.91. The van der Waals surface area contributed by atoms with E-state index in [9.17, 15) is 9.90 Å². The van der Waals surface area contributed by atoms with Crippen LogP contribution in [0.4, 0.5) is 0 Å². The maximum absolute atomic E-state index is 12.3. The van der Waals surface area contributed by atoms with Crippen LogP contribution in [-0.2, 0) is 16.0 Å². The number of carbonyl (C=O) groups excluding carboxylic acids is 1. The Labute approximate surface area is 124 Å². The molecule has 1 heterocycles. The smallest absolute Gasteiger partial charge is 0.227 e. The van der Waals surface area contributed by atoms with Gasteiger partial charge in [0.25, 0.3) is 0 Å². The van der Waals surface area contributed by atoms with E-state index >= 15 is 0 Å². The van der Waals surface area contributed by atoms with Gasteiger partial charge in [-0.1, -0.05) is 0 Å². The highest BCUT2D eigenvalue weighted by atomic mass is 32.1. The Balaban J connectivity index is 1.90. The molecule has 1 amide bonds. The number of methoxy groups -OCH3 is 1. The second-order valence-corrected chi connectivity index (χ2v) is 6.70. The predicted octanol–water partition coefficient (Wildman–Crippen LogP) is 2.07. The number of hydrogen-bond donors (Lipinski definition) is 2. The lowest BCUT2D eigenvalue weighted by Crippen LogP contribution is -2.43. The molecule has 1 aromatic heterocycles. The SMILES string of the molecule is COCCC(C)(O)CNC(=O)C1CCCc2sccc21. The lowest BCUT2D eigenvalue weighted by Gasteiger charge is -2.26. The third-order valence-corrected chi connectivity index (χ3v) is 4.85. The van der Waals surface area contributed by atoms with E-state index in [-0.39, 0.29) is 18.4 Å². The van der Waals surface area contributed by atoms with Gasteiger partial charge in [-0.15, -0.1) is 11.3 Å². The molecule has 20 heavy (non-hydrogen) atoms. The average molecular weight is 297 g/mol. The molecule has 1 aliphatic rings. The molecule has 0 saturated heterocycles. The lowest BCUT2D eigenvalue weighted by atomic mass is 9.87. The quantitative estimate of drug-likeness (QED) is 0.845. The van der Waals surface area contributed by atoms with Crippen LogP contribution in [0.2, 0.25) is 0 Å². The number of hydrogen-bond acceptors (Lipinski definition) is 4. The second kappa shape index (κ2) is 6.70. The standard InChI is InChI=1S/C15H23NO3S/c1-15(18,7-8-19-2)10-16-14(17)12-4-3-5-13-11(12)6-9-20-13/h6,9,12,18H,3-5,7-8,10H2,1-2H3,(H,16,17). The Morgan fingerprint density at radius 3 is 3.20 bits per heavy atom. The fourth-order valence-electron chi connectivity index (χ4n) is 2.57. The van der Waals surface area contributed by atoms with Gasteiger partial charge in [-0.3, -0.25) is 4.79 Å². The van der Waals surface area contributed by atoms with Crippen molar-refractivity contribution in [1.29, 1.82) is 0 Å². The maximum atomic E-state index is 12.3. The first-order chi connectivity index (χ1) is 9.53. The van der Waals surface area contributed by atoms with Gasteiger partial charge in [-0.2, -0.15) is 0 Å². The molecule has 0 fully saturated rings. The number of nitrogens with one attached hydrogen (secondary N) is 1. The van der Waals surface area contributed by atoms with Crippen molar-refractivity contribution in [3.8, 4) is 0 Å². The van der Waals surface area contributed by atoms with Gasteiger partial charge in [0.05, 0.1) is 11.5 Å². The topological polar surface area (TPSA) is 58.6 Å². The first kappa shape index (κ1) is 15.5. The second-order valence-electron chi connectivity index (χ2n) is 5.70. The highest BCUT2D eigenvalue weighted by Crippen LogP contribution is 2.35. The van der Waals surface area contributed by atoms with E-state index in [2.05, 4.69) is 16.8 Å². The number of rotatable bonds is 6. The van der Waals surface area contributed by atoms with Gasteiger partial charge in [-0.25, -0.2) is 0 Å². The van der Waals surface area contributed by atoms with E-state index in [0.29, 0.717) is 13.0 Å². The van der Waals surface area contributed by atoms with Gasteiger partial charge >= 0.3 is 0 Å². The van der Waals surface area contributed by atoms with Crippen LogP contribution in [0.3, 0.4) is 0 Å². The van der Waals surface area contributed by atoms with Crippen LogP contribution in [0.5, 0.6) is 0 Å². The summed E-state index contributed by atoms with van der Waals surface area (Å²) >= 11 is 1.74. The number of amides is 1. The molecule has 4 nitrogen and oxygen atoms in total. The van der Waals surface area contributed by atoms with E-state index in [0.717, 1.165) is 19.3 Å². The van der Waals surface area contributed by atoms with Crippen molar-refractivity contribution in [3.63, 3.8) is 0 Å². The van der Waals surface area contributed by atoms with Crippen LogP contribution in [-0.4, -0.2) is 36.9 Å². The Kier molecular flexibility index (Phi) is 5.18. The first-order valence-electron chi connectivity index (χ1n) is 7.09. The summed E-state index contributed by atoms with van der Waals surface area (Å²) in [5.41, 5.74) is 0.257. The molecule has 112 valence electrons. The summed E-state index contributed by atoms with van der Waals surface area (Å²) in [6.45, 7) is 2.48. The predicted molar refractivity (Wildman–Crippen MR) is 80.1 cm³/mol. The fraction of sp³-hybridized carbons (Fsp3) is 0.667. The zero-order valence-corrected chi connectivity index (χ0v) is 13.0. The van der Waals surface area contributed by atoms with Crippen LogP contribution in [0, 0.1) is 0 Å². The van der Waals surface area contributed by atoms with Crippen molar-refractivity contribution in [2.75, 3.05) is 20.3 Å². The van der Waals surface area contributed by atoms with E-state index in [1.165, 1.54) is 10.4 Å². The molecule has 2 atom stereocenters. The monoisotopic (exact) mass is 297 g/mol. The molecule has 0 saturated carbocycles. The van der Waals surface area contributed by atoms with Crippen molar-refractivity contribution >= 4 is 17.2 Å². The zero-order valence-electron chi connectivity index (χ0n) is 12.1. The molecule has 2 N–H and O–H groups in total. The largest absolute Gasteiger partial charge is 0.388 e. The normalized spacial score (nSPS) is 21.1. The Morgan fingerprint density at radius 2 is 2.45 bits per heavy atom. The minimum absolute atomic E-state index is 0.0297. The summed E-state index contributed by atoms with van der Waals surface area (Å²) in [5, 5.41) is 15.1. The van der Waals surface area contributed by atoms with Crippen molar-refractivity contribution in [1.82, 2.24) is 5.32 Å². The van der Waals surface area contributed by atoms with Gasteiger partial charge in [0, 0.05) is 31.6 Å². The molecule has 0 aromatic carbocycles. The van der Waals surface area contributed by atoms with Crippen LogP contribution < -0.4 is 5.32 Å². The lowest BCUT2D eigenvalue weighted by molar-refractivity contribution is -0.124. The van der Waals surface area contributed by atoms with Crippen LogP contribution >= 0.6 is 11.3 Å². The van der Waals surface area contributed by atoms with Crippen molar-refractivity contribution in [3.05, 3.63) is 21.9 Å². The molecule has 2 rings (SSSR count). The van der Waals surface area contributed by atoms with Gasteiger partial charge in [0.2, 0.25) is 5.91 Å². The zero-order chi connectivity index (χ0) is 14.6. The van der Waals surface area contributed by atoms with Crippen molar-refractivity contribution in [2.24, 2.45) is 0 Å². The van der Waals surface area contributed by atoms with Gasteiger partial charge in [0.15, 0.2) is 0 Å². The Hall–Kier alpha value is -0.910. The van der Waals surface area contributed by atoms with E-state index in [1.54, 1.807) is 25.4 Å². The van der Waals surface area contributed by atoms with Gasteiger partial charge in [0.1, 0.15) is 0 Å². The number of ether oxygens (including phenoxy) is 1. The number of fused-ring (bicyclic) bond motifs is 1. The Morgan fingerprint density at radius 1 is 1.65 bits per heavy atom. The molecule has 5 heteroatoms. The van der Waals surface area contributed by atoms with E-state index in [1.807, 2.05) is 0 Å². The molecule has 1 aromatic rings.